The van der Waals surface area contributed by atoms with Gasteiger partial charge in [-0.05, 0) is 27.2 Å². The SMILES string of the molecule is COC(=O)CC(C)NC(C)CC(C)O. The maximum atomic E-state index is 10.9. The Kier molecular flexibility index (Phi) is 6.49. The molecule has 3 unspecified atom stereocenters. The van der Waals surface area contributed by atoms with E-state index < -0.39 is 0 Å². The average Bonchev–Trinajstić information content (AvgIpc) is 2.01. The molecule has 0 spiro atoms. The number of aliphatic hydroxyl groups is 1. The van der Waals surface area contributed by atoms with E-state index in [9.17, 15) is 4.79 Å². The first-order valence-electron chi connectivity index (χ1n) is 4.96. The number of hydrogen-bond acceptors (Lipinski definition) is 4. The average molecular weight is 203 g/mol. The zero-order chi connectivity index (χ0) is 11.1. The lowest BCUT2D eigenvalue weighted by Gasteiger charge is -2.20. The van der Waals surface area contributed by atoms with Crippen LogP contribution in [0.25, 0.3) is 0 Å². The van der Waals surface area contributed by atoms with E-state index in [2.05, 4.69) is 10.1 Å². The molecule has 3 atom stereocenters. The Hall–Kier alpha value is -0.610. The van der Waals surface area contributed by atoms with Crippen LogP contribution in [0.1, 0.15) is 33.6 Å². The van der Waals surface area contributed by atoms with Crippen molar-refractivity contribution in [3.05, 3.63) is 0 Å². The van der Waals surface area contributed by atoms with Crippen molar-refractivity contribution in [1.82, 2.24) is 5.32 Å². The quantitative estimate of drug-likeness (QED) is 0.623. The van der Waals surface area contributed by atoms with Crippen molar-refractivity contribution in [2.75, 3.05) is 7.11 Å². The van der Waals surface area contributed by atoms with Crippen LogP contribution in [-0.2, 0) is 9.53 Å². The summed E-state index contributed by atoms with van der Waals surface area (Å²) < 4.78 is 4.56. The Morgan fingerprint density at radius 3 is 2.36 bits per heavy atom. The minimum absolute atomic E-state index is 0.0798. The van der Waals surface area contributed by atoms with E-state index >= 15 is 0 Å². The Morgan fingerprint density at radius 2 is 1.93 bits per heavy atom. The Balaban J connectivity index is 3.70. The molecule has 0 amide bonds. The summed E-state index contributed by atoms with van der Waals surface area (Å²) in [4.78, 5) is 10.9. The fourth-order valence-corrected chi connectivity index (χ4v) is 1.46. The molecule has 0 saturated carbocycles. The molecule has 4 heteroatoms. The van der Waals surface area contributed by atoms with Gasteiger partial charge in [-0.3, -0.25) is 4.79 Å². The first-order valence-corrected chi connectivity index (χ1v) is 4.96. The summed E-state index contributed by atoms with van der Waals surface area (Å²) in [6.45, 7) is 5.67. The number of ether oxygens (including phenoxy) is 1. The second kappa shape index (κ2) is 6.79. The smallest absolute Gasteiger partial charge is 0.307 e. The molecule has 0 aliphatic carbocycles. The monoisotopic (exact) mass is 203 g/mol. The minimum atomic E-state index is -0.317. The van der Waals surface area contributed by atoms with Gasteiger partial charge in [-0.1, -0.05) is 0 Å². The molecule has 14 heavy (non-hydrogen) atoms. The second-order valence-electron chi connectivity index (χ2n) is 3.83. The maximum Gasteiger partial charge on any atom is 0.307 e. The van der Waals surface area contributed by atoms with E-state index in [0.717, 1.165) is 0 Å². The van der Waals surface area contributed by atoms with Gasteiger partial charge in [0.2, 0.25) is 0 Å². The second-order valence-corrected chi connectivity index (χ2v) is 3.83. The van der Waals surface area contributed by atoms with Crippen LogP contribution >= 0.6 is 0 Å². The first-order chi connectivity index (χ1) is 6.45. The fraction of sp³-hybridized carbons (Fsp3) is 0.900. The van der Waals surface area contributed by atoms with Crippen LogP contribution in [0.4, 0.5) is 0 Å². The molecule has 0 aliphatic rings. The molecule has 0 radical (unpaired) electrons. The number of rotatable bonds is 6. The summed E-state index contributed by atoms with van der Waals surface area (Å²) in [5.41, 5.74) is 0. The van der Waals surface area contributed by atoms with E-state index in [1.807, 2.05) is 13.8 Å². The van der Waals surface area contributed by atoms with Crippen molar-refractivity contribution in [2.45, 2.75) is 51.8 Å². The Morgan fingerprint density at radius 1 is 1.36 bits per heavy atom. The van der Waals surface area contributed by atoms with Gasteiger partial charge < -0.3 is 15.2 Å². The lowest BCUT2D eigenvalue weighted by Crippen LogP contribution is -2.37. The molecule has 0 heterocycles. The molecular weight excluding hydrogens is 182 g/mol. The third-order valence-electron chi connectivity index (χ3n) is 1.96. The summed E-state index contributed by atoms with van der Waals surface area (Å²) in [5, 5.41) is 12.3. The van der Waals surface area contributed by atoms with Crippen LogP contribution in [0.15, 0.2) is 0 Å². The van der Waals surface area contributed by atoms with Crippen LogP contribution in [-0.4, -0.2) is 36.4 Å². The van der Waals surface area contributed by atoms with Gasteiger partial charge in [0.15, 0.2) is 0 Å². The van der Waals surface area contributed by atoms with Crippen LogP contribution in [0.5, 0.6) is 0 Å². The molecule has 0 rings (SSSR count). The van der Waals surface area contributed by atoms with Crippen LogP contribution < -0.4 is 5.32 Å². The van der Waals surface area contributed by atoms with Gasteiger partial charge in [-0.25, -0.2) is 0 Å². The number of aliphatic hydroxyl groups excluding tert-OH is 1. The van der Waals surface area contributed by atoms with Crippen molar-refractivity contribution in [1.29, 1.82) is 0 Å². The number of nitrogens with one attached hydrogen (secondary N) is 1. The third kappa shape index (κ3) is 6.86. The number of hydrogen-bond donors (Lipinski definition) is 2. The lowest BCUT2D eigenvalue weighted by molar-refractivity contribution is -0.141. The number of esters is 1. The minimum Gasteiger partial charge on any atom is -0.469 e. The van der Waals surface area contributed by atoms with Crippen molar-refractivity contribution in [3.63, 3.8) is 0 Å². The molecule has 0 aliphatic heterocycles. The largest absolute Gasteiger partial charge is 0.469 e. The van der Waals surface area contributed by atoms with Gasteiger partial charge in [0, 0.05) is 12.1 Å². The molecule has 84 valence electrons. The summed E-state index contributed by atoms with van der Waals surface area (Å²) in [7, 11) is 1.38. The maximum absolute atomic E-state index is 10.9. The van der Waals surface area contributed by atoms with Gasteiger partial charge in [-0.2, -0.15) is 0 Å². The highest BCUT2D eigenvalue weighted by Gasteiger charge is 2.12. The molecule has 0 fully saturated rings. The van der Waals surface area contributed by atoms with E-state index in [4.69, 9.17) is 5.11 Å². The van der Waals surface area contributed by atoms with E-state index in [0.29, 0.717) is 12.8 Å². The Labute approximate surface area is 85.6 Å². The molecule has 0 aromatic heterocycles. The number of carbonyl (C=O) groups is 1. The van der Waals surface area contributed by atoms with Gasteiger partial charge in [0.05, 0.1) is 19.6 Å². The summed E-state index contributed by atoms with van der Waals surface area (Å²) in [6.07, 6.45) is 0.731. The predicted octanol–water partition coefficient (Wildman–Crippen LogP) is 0.687. The highest BCUT2D eigenvalue weighted by molar-refractivity contribution is 5.69. The summed E-state index contributed by atoms with van der Waals surface area (Å²) in [6, 6.07) is 0.283. The third-order valence-corrected chi connectivity index (χ3v) is 1.96. The molecule has 0 aromatic carbocycles. The molecule has 0 bridgehead atoms. The molecule has 4 nitrogen and oxygen atoms in total. The zero-order valence-electron chi connectivity index (χ0n) is 9.41. The lowest BCUT2D eigenvalue weighted by atomic mass is 10.1. The zero-order valence-corrected chi connectivity index (χ0v) is 9.41. The summed E-state index contributed by atoms with van der Waals surface area (Å²) in [5.74, 6) is -0.214. The van der Waals surface area contributed by atoms with Crippen molar-refractivity contribution in [3.8, 4) is 0 Å². The first kappa shape index (κ1) is 13.4. The predicted molar refractivity (Wildman–Crippen MR) is 55.0 cm³/mol. The van der Waals surface area contributed by atoms with Crippen molar-refractivity contribution >= 4 is 5.97 Å². The van der Waals surface area contributed by atoms with Crippen molar-refractivity contribution < 1.29 is 14.6 Å². The van der Waals surface area contributed by atoms with Crippen molar-refractivity contribution in [2.24, 2.45) is 0 Å². The summed E-state index contributed by atoms with van der Waals surface area (Å²) >= 11 is 0. The van der Waals surface area contributed by atoms with Gasteiger partial charge in [-0.15, -0.1) is 0 Å². The highest BCUT2D eigenvalue weighted by Crippen LogP contribution is 2.00. The van der Waals surface area contributed by atoms with Crippen LogP contribution in [0, 0.1) is 0 Å². The fourth-order valence-electron chi connectivity index (χ4n) is 1.46. The van der Waals surface area contributed by atoms with Crippen LogP contribution in [0.2, 0.25) is 0 Å². The molecular formula is C10H21NO3. The number of methoxy groups -OCH3 is 1. The normalized spacial score (nSPS) is 17.2. The topological polar surface area (TPSA) is 58.6 Å². The molecule has 0 saturated heterocycles. The molecule has 2 N–H and O–H groups in total. The molecule has 0 aromatic rings. The van der Waals surface area contributed by atoms with E-state index in [-0.39, 0.29) is 24.2 Å². The Bertz CT molecular complexity index is 171. The number of carbonyl (C=O) groups excluding carboxylic acids is 1. The van der Waals surface area contributed by atoms with Gasteiger partial charge >= 0.3 is 5.97 Å². The highest BCUT2D eigenvalue weighted by atomic mass is 16.5. The van der Waals surface area contributed by atoms with E-state index in [1.165, 1.54) is 7.11 Å². The van der Waals surface area contributed by atoms with E-state index in [1.54, 1.807) is 6.92 Å². The van der Waals surface area contributed by atoms with Crippen LogP contribution in [0.3, 0.4) is 0 Å². The van der Waals surface area contributed by atoms with Gasteiger partial charge in [0.25, 0.3) is 0 Å². The van der Waals surface area contributed by atoms with Gasteiger partial charge in [0.1, 0.15) is 0 Å². The standard InChI is InChI=1S/C10H21NO3/c1-7(5-9(3)12)11-8(2)6-10(13)14-4/h7-9,11-12H,5-6H2,1-4H3.